The summed E-state index contributed by atoms with van der Waals surface area (Å²) in [5.74, 6) is 0. The molecule has 0 spiro atoms. The van der Waals surface area contributed by atoms with Crippen LogP contribution in [-0.4, -0.2) is 5.71 Å². The molecule has 1 heteroatoms. The van der Waals surface area contributed by atoms with Gasteiger partial charge in [0.2, 0.25) is 0 Å². The van der Waals surface area contributed by atoms with Crippen LogP contribution in [0.25, 0.3) is 33.7 Å². The quantitative estimate of drug-likeness (QED) is 0.514. The molecule has 112 valence electrons. The van der Waals surface area contributed by atoms with Crippen LogP contribution in [0.4, 0.5) is 0 Å². The molecule has 0 bridgehead atoms. The van der Waals surface area contributed by atoms with E-state index in [1.807, 2.05) is 18.2 Å². The lowest BCUT2D eigenvalue weighted by atomic mass is 9.86. The molecule has 24 heavy (non-hydrogen) atoms. The van der Waals surface area contributed by atoms with Crippen molar-refractivity contribution in [2.45, 2.75) is 0 Å². The van der Waals surface area contributed by atoms with Crippen molar-refractivity contribution in [1.29, 1.82) is 5.41 Å². The van der Waals surface area contributed by atoms with Crippen molar-refractivity contribution < 1.29 is 0 Å². The predicted molar refractivity (Wildman–Crippen MR) is 102 cm³/mol. The van der Waals surface area contributed by atoms with E-state index >= 15 is 0 Å². The average molecular weight is 305 g/mol. The molecule has 0 heterocycles. The lowest BCUT2D eigenvalue weighted by Crippen LogP contribution is -2.17. The summed E-state index contributed by atoms with van der Waals surface area (Å²) in [5, 5.41) is 14.9. The monoisotopic (exact) mass is 305 g/mol. The van der Waals surface area contributed by atoms with Gasteiger partial charge in [0.1, 0.15) is 0 Å². The Balaban J connectivity index is 1.87. The van der Waals surface area contributed by atoms with Crippen LogP contribution in [0.3, 0.4) is 0 Å². The zero-order valence-electron chi connectivity index (χ0n) is 13.1. The molecule has 0 aliphatic heterocycles. The molecule has 1 aliphatic carbocycles. The third kappa shape index (κ3) is 1.85. The summed E-state index contributed by atoms with van der Waals surface area (Å²) in [7, 11) is 0. The molecule has 0 amide bonds. The molecule has 1 nitrogen and oxygen atoms in total. The van der Waals surface area contributed by atoms with Gasteiger partial charge in [0, 0.05) is 11.1 Å². The van der Waals surface area contributed by atoms with Gasteiger partial charge in [-0.15, -0.1) is 0 Å². The first kappa shape index (κ1) is 13.3. The zero-order chi connectivity index (χ0) is 16.1. The molecule has 0 aromatic heterocycles. The highest BCUT2D eigenvalue weighted by Gasteiger charge is 2.17. The van der Waals surface area contributed by atoms with Crippen LogP contribution < -0.4 is 5.22 Å². The molecular weight excluding hydrogens is 290 g/mol. The van der Waals surface area contributed by atoms with Crippen molar-refractivity contribution in [2.24, 2.45) is 0 Å². The molecule has 1 N–H and O–H groups in total. The average Bonchev–Trinajstić information content (AvgIpc) is 2.63. The summed E-state index contributed by atoms with van der Waals surface area (Å²) < 4.78 is 0. The maximum absolute atomic E-state index is 8.70. The Labute approximate surface area is 140 Å². The van der Waals surface area contributed by atoms with Crippen molar-refractivity contribution in [3.63, 3.8) is 0 Å². The van der Waals surface area contributed by atoms with Gasteiger partial charge in [-0.25, -0.2) is 0 Å². The van der Waals surface area contributed by atoms with E-state index in [0.29, 0.717) is 5.71 Å². The van der Waals surface area contributed by atoms with Crippen molar-refractivity contribution in [3.05, 3.63) is 94.7 Å². The van der Waals surface area contributed by atoms with Gasteiger partial charge < -0.3 is 0 Å². The largest absolute Gasteiger partial charge is 0.300 e. The summed E-state index contributed by atoms with van der Waals surface area (Å²) >= 11 is 0. The topological polar surface area (TPSA) is 23.9 Å². The number of hydrogen-bond donors (Lipinski definition) is 1. The number of rotatable bonds is 1. The predicted octanol–water partition coefficient (Wildman–Crippen LogP) is 4.96. The maximum atomic E-state index is 8.70. The maximum Gasteiger partial charge on any atom is 0.0691 e. The van der Waals surface area contributed by atoms with E-state index < -0.39 is 0 Å². The van der Waals surface area contributed by atoms with E-state index in [2.05, 4.69) is 66.7 Å². The van der Waals surface area contributed by atoms with E-state index in [1.165, 1.54) is 26.8 Å². The van der Waals surface area contributed by atoms with Gasteiger partial charge in [0.05, 0.1) is 5.71 Å². The third-order valence-electron chi connectivity index (χ3n) is 4.80. The zero-order valence-corrected chi connectivity index (χ0v) is 13.1. The van der Waals surface area contributed by atoms with E-state index in [-0.39, 0.29) is 0 Å². The van der Waals surface area contributed by atoms with Gasteiger partial charge in [0.25, 0.3) is 0 Å². The van der Waals surface area contributed by atoms with Gasteiger partial charge in [-0.1, -0.05) is 72.8 Å². The molecule has 4 aromatic rings. The van der Waals surface area contributed by atoms with Gasteiger partial charge in [-0.3, -0.25) is 5.41 Å². The molecule has 0 saturated carbocycles. The molecule has 0 unspecified atom stereocenters. The second-order valence-corrected chi connectivity index (χ2v) is 6.25. The summed E-state index contributed by atoms with van der Waals surface area (Å²) in [5.41, 5.74) is 3.72. The van der Waals surface area contributed by atoms with E-state index in [0.717, 1.165) is 16.7 Å². The van der Waals surface area contributed by atoms with Crippen LogP contribution in [0.1, 0.15) is 11.1 Å². The Bertz CT molecular complexity index is 1180. The second-order valence-electron chi connectivity index (χ2n) is 6.25. The van der Waals surface area contributed by atoms with Gasteiger partial charge in [-0.2, -0.15) is 0 Å². The van der Waals surface area contributed by atoms with Crippen LogP contribution in [-0.2, 0) is 0 Å². The van der Waals surface area contributed by atoms with E-state index in [4.69, 9.17) is 5.41 Å². The minimum Gasteiger partial charge on any atom is -0.300 e. The van der Waals surface area contributed by atoms with Crippen LogP contribution in [0.2, 0.25) is 0 Å². The third-order valence-corrected chi connectivity index (χ3v) is 4.80. The standard InChI is InChI=1S/C23H15N/c24-23-19(13-15-5-2-1-3-6-15)14-18-10-9-16-7-4-8-17-11-12-20(23)22(18)21(16)17/h1-14,24H. The molecule has 0 saturated heterocycles. The highest BCUT2D eigenvalue weighted by atomic mass is 14.4. The fourth-order valence-corrected chi connectivity index (χ4v) is 3.68. The number of benzene rings is 4. The SMILES string of the molecule is N=C1C(=Cc2ccccc2)C=c2ccc3cccc4ccc1c2c43. The first-order chi connectivity index (χ1) is 11.8. The van der Waals surface area contributed by atoms with Gasteiger partial charge in [0.15, 0.2) is 0 Å². The van der Waals surface area contributed by atoms with Crippen molar-refractivity contribution in [3.8, 4) is 0 Å². The van der Waals surface area contributed by atoms with Crippen LogP contribution in [0, 0.1) is 5.41 Å². The second kappa shape index (κ2) is 4.90. The van der Waals surface area contributed by atoms with E-state index in [9.17, 15) is 0 Å². The number of hydrogen-bond acceptors (Lipinski definition) is 1. The molecule has 1 aliphatic rings. The fraction of sp³-hybridized carbons (Fsp3) is 0. The molecule has 0 atom stereocenters. The molecule has 0 radical (unpaired) electrons. The van der Waals surface area contributed by atoms with Crippen molar-refractivity contribution in [1.82, 2.24) is 0 Å². The molecule has 5 rings (SSSR count). The Hall–Kier alpha value is -3.19. The van der Waals surface area contributed by atoms with Gasteiger partial charge in [-0.05, 0) is 44.5 Å². The van der Waals surface area contributed by atoms with Crippen LogP contribution in [0.15, 0.2) is 78.4 Å². The Morgan fingerprint density at radius 2 is 1.42 bits per heavy atom. The number of allylic oxidation sites excluding steroid dienone is 1. The van der Waals surface area contributed by atoms with Gasteiger partial charge >= 0.3 is 0 Å². The normalized spacial score (nSPS) is 15.2. The van der Waals surface area contributed by atoms with E-state index in [1.54, 1.807) is 0 Å². The smallest absolute Gasteiger partial charge is 0.0691 e. The summed E-state index contributed by atoms with van der Waals surface area (Å²) in [6, 6.07) is 25.2. The number of nitrogens with one attached hydrogen (secondary N) is 1. The molecule has 0 fully saturated rings. The first-order valence-corrected chi connectivity index (χ1v) is 8.13. The molecular formula is C23H15N. The first-order valence-electron chi connectivity index (χ1n) is 8.13. The minimum atomic E-state index is 0.601. The fourth-order valence-electron chi connectivity index (χ4n) is 3.68. The lowest BCUT2D eigenvalue weighted by Gasteiger charge is -2.17. The molecule has 4 aromatic carbocycles. The van der Waals surface area contributed by atoms with Crippen LogP contribution in [0.5, 0.6) is 0 Å². The lowest BCUT2D eigenvalue weighted by molar-refractivity contribution is 1.48. The van der Waals surface area contributed by atoms with Crippen LogP contribution >= 0.6 is 0 Å². The highest BCUT2D eigenvalue weighted by Crippen LogP contribution is 2.30. The summed E-state index contributed by atoms with van der Waals surface area (Å²) in [4.78, 5) is 0. The van der Waals surface area contributed by atoms with Crippen molar-refractivity contribution >= 4 is 39.4 Å². The minimum absolute atomic E-state index is 0.601. The van der Waals surface area contributed by atoms with Crippen molar-refractivity contribution in [2.75, 3.05) is 0 Å². The highest BCUT2D eigenvalue weighted by molar-refractivity contribution is 6.29. The Morgan fingerprint density at radius 3 is 2.21 bits per heavy atom. The Kier molecular flexibility index (Phi) is 2.71. The Morgan fingerprint density at radius 1 is 0.667 bits per heavy atom. The summed E-state index contributed by atoms with van der Waals surface area (Å²) in [6.45, 7) is 0. The summed E-state index contributed by atoms with van der Waals surface area (Å²) in [6.07, 6.45) is 4.24.